The molecule has 1 unspecified atom stereocenters. The lowest BCUT2D eigenvalue weighted by Crippen LogP contribution is -2.34. The van der Waals surface area contributed by atoms with Gasteiger partial charge in [-0.15, -0.1) is 0 Å². The number of nitrogens with one attached hydrogen (secondary N) is 1. The third-order valence-electron chi connectivity index (χ3n) is 5.44. The fourth-order valence-electron chi connectivity index (χ4n) is 3.82. The van der Waals surface area contributed by atoms with Gasteiger partial charge in [0.05, 0.1) is 23.4 Å². The highest BCUT2D eigenvalue weighted by molar-refractivity contribution is 5.96. The Balaban J connectivity index is 1.70. The van der Waals surface area contributed by atoms with Crippen LogP contribution in [0.5, 0.6) is 0 Å². The minimum atomic E-state index is -0.0708. The Bertz CT molecular complexity index is 898. The van der Waals surface area contributed by atoms with Crippen LogP contribution >= 0.6 is 0 Å². The van der Waals surface area contributed by atoms with E-state index in [0.717, 1.165) is 49.1 Å². The first-order chi connectivity index (χ1) is 13.6. The summed E-state index contributed by atoms with van der Waals surface area (Å²) >= 11 is 0. The van der Waals surface area contributed by atoms with Crippen molar-refractivity contribution in [2.75, 3.05) is 13.2 Å². The van der Waals surface area contributed by atoms with Gasteiger partial charge in [-0.3, -0.25) is 9.48 Å². The molecule has 1 saturated carbocycles. The molecule has 1 aliphatic carbocycles. The van der Waals surface area contributed by atoms with E-state index in [1.165, 1.54) is 0 Å². The molecular weight excluding hydrogens is 352 g/mol. The molecule has 4 rings (SSSR count). The highest BCUT2D eigenvalue weighted by Crippen LogP contribution is 2.46. The van der Waals surface area contributed by atoms with E-state index in [-0.39, 0.29) is 18.1 Å². The monoisotopic (exact) mass is 378 g/mol. The van der Waals surface area contributed by atoms with Gasteiger partial charge in [0.25, 0.3) is 5.91 Å². The summed E-state index contributed by atoms with van der Waals surface area (Å²) in [6.07, 6.45) is 4.33. The zero-order chi connectivity index (χ0) is 19.7. The van der Waals surface area contributed by atoms with Crippen LogP contribution in [0.15, 0.2) is 24.3 Å². The number of aromatic nitrogens is 2. The van der Waals surface area contributed by atoms with Crippen LogP contribution in [-0.4, -0.2) is 34.9 Å². The van der Waals surface area contributed by atoms with Crippen molar-refractivity contribution in [3.05, 3.63) is 41.1 Å². The zero-order valence-electron chi connectivity index (χ0n) is 16.4. The number of benzene rings is 1. The van der Waals surface area contributed by atoms with E-state index in [2.05, 4.69) is 11.4 Å². The molecule has 146 valence electrons. The molecule has 1 N–H and O–H groups in total. The van der Waals surface area contributed by atoms with Gasteiger partial charge in [-0.1, -0.05) is 12.1 Å². The van der Waals surface area contributed by atoms with Gasteiger partial charge in [0.1, 0.15) is 5.69 Å². The lowest BCUT2D eigenvalue weighted by molar-refractivity contribution is 0.0846. The van der Waals surface area contributed by atoms with Crippen molar-refractivity contribution in [3.63, 3.8) is 0 Å². The topological polar surface area (TPSA) is 79.9 Å². The second-order valence-corrected chi connectivity index (χ2v) is 7.96. The molecule has 1 aromatic heterocycles. The first kappa shape index (κ1) is 18.7. The molecular formula is C22H26N4O2. The van der Waals surface area contributed by atoms with E-state index in [0.29, 0.717) is 23.7 Å². The molecule has 2 fully saturated rings. The third kappa shape index (κ3) is 3.67. The molecule has 1 saturated heterocycles. The average molecular weight is 378 g/mol. The van der Waals surface area contributed by atoms with E-state index in [9.17, 15) is 4.79 Å². The normalized spacial score (nSPS) is 19.0. The number of nitrogens with zero attached hydrogens (tertiary/aromatic N) is 3. The number of nitriles is 1. The van der Waals surface area contributed by atoms with Crippen LogP contribution in [0.3, 0.4) is 0 Å². The van der Waals surface area contributed by atoms with Gasteiger partial charge in [0, 0.05) is 30.3 Å². The number of ether oxygens (including phenoxy) is 1. The Hall–Kier alpha value is -2.65. The van der Waals surface area contributed by atoms with Crippen LogP contribution < -0.4 is 5.32 Å². The quantitative estimate of drug-likeness (QED) is 0.829. The van der Waals surface area contributed by atoms with E-state index in [1.807, 2.05) is 30.7 Å². The van der Waals surface area contributed by atoms with Crippen molar-refractivity contribution in [3.8, 4) is 17.3 Å². The maximum Gasteiger partial charge on any atom is 0.269 e. The standard InChI is InChI=1S/C22H26N4O2/c1-14(2)26-21(22(27)24-13-18-4-3-11-28-18)19(16-9-10-16)20(25-26)17-7-5-15(12-23)6-8-17/h5-8,14,16,18H,3-4,9-11,13H2,1-2H3,(H,24,27). The Morgan fingerprint density at radius 2 is 2.07 bits per heavy atom. The Labute approximate surface area is 165 Å². The third-order valence-corrected chi connectivity index (χ3v) is 5.44. The first-order valence-electron chi connectivity index (χ1n) is 10.1. The summed E-state index contributed by atoms with van der Waals surface area (Å²) in [5, 5.41) is 17.0. The highest BCUT2D eigenvalue weighted by Gasteiger charge is 2.36. The molecule has 0 radical (unpaired) electrons. The first-order valence-corrected chi connectivity index (χ1v) is 10.1. The predicted molar refractivity (Wildman–Crippen MR) is 106 cm³/mol. The van der Waals surface area contributed by atoms with Crippen molar-refractivity contribution in [2.45, 2.75) is 57.6 Å². The summed E-state index contributed by atoms with van der Waals surface area (Å²) in [6.45, 7) is 5.41. The van der Waals surface area contributed by atoms with Crippen molar-refractivity contribution in [1.29, 1.82) is 5.26 Å². The summed E-state index contributed by atoms with van der Waals surface area (Å²) in [5.41, 5.74) is 4.16. The number of hydrogen-bond acceptors (Lipinski definition) is 4. The van der Waals surface area contributed by atoms with Crippen LogP contribution in [0, 0.1) is 11.3 Å². The fourth-order valence-corrected chi connectivity index (χ4v) is 3.82. The number of hydrogen-bond donors (Lipinski definition) is 1. The summed E-state index contributed by atoms with van der Waals surface area (Å²) < 4.78 is 7.49. The van der Waals surface area contributed by atoms with Crippen molar-refractivity contribution >= 4 is 5.91 Å². The number of rotatable bonds is 6. The smallest absolute Gasteiger partial charge is 0.269 e. The average Bonchev–Trinajstić information content (AvgIpc) is 3.25. The van der Waals surface area contributed by atoms with E-state index >= 15 is 0 Å². The van der Waals surface area contributed by atoms with Gasteiger partial charge in [-0.25, -0.2) is 0 Å². The molecule has 0 spiro atoms. The Morgan fingerprint density at radius 1 is 1.32 bits per heavy atom. The second-order valence-electron chi connectivity index (χ2n) is 7.96. The van der Waals surface area contributed by atoms with Crippen molar-refractivity contribution in [1.82, 2.24) is 15.1 Å². The van der Waals surface area contributed by atoms with Gasteiger partial charge < -0.3 is 10.1 Å². The van der Waals surface area contributed by atoms with Crippen LogP contribution in [0.4, 0.5) is 0 Å². The largest absolute Gasteiger partial charge is 0.376 e. The zero-order valence-corrected chi connectivity index (χ0v) is 16.4. The molecule has 28 heavy (non-hydrogen) atoms. The fraction of sp³-hybridized carbons (Fsp3) is 0.500. The molecule has 1 aliphatic heterocycles. The summed E-state index contributed by atoms with van der Waals surface area (Å²) in [5.74, 6) is 0.306. The number of amides is 1. The van der Waals surface area contributed by atoms with Crippen LogP contribution in [0.1, 0.15) is 73.1 Å². The van der Waals surface area contributed by atoms with Gasteiger partial charge in [0.15, 0.2) is 0 Å². The minimum absolute atomic E-state index is 0.0708. The lowest BCUT2D eigenvalue weighted by atomic mass is 10.0. The maximum absolute atomic E-state index is 13.2. The second kappa shape index (κ2) is 7.76. The minimum Gasteiger partial charge on any atom is -0.376 e. The van der Waals surface area contributed by atoms with E-state index in [1.54, 1.807) is 12.1 Å². The summed E-state index contributed by atoms with van der Waals surface area (Å²) in [4.78, 5) is 13.2. The van der Waals surface area contributed by atoms with Crippen LogP contribution in [0.2, 0.25) is 0 Å². The van der Waals surface area contributed by atoms with Gasteiger partial charge in [-0.2, -0.15) is 10.4 Å². The Morgan fingerprint density at radius 3 is 2.64 bits per heavy atom. The SMILES string of the molecule is CC(C)n1nc(-c2ccc(C#N)cc2)c(C2CC2)c1C(=O)NCC1CCCO1. The summed E-state index contributed by atoms with van der Waals surface area (Å²) in [7, 11) is 0. The molecule has 1 aromatic carbocycles. The molecule has 2 heterocycles. The summed E-state index contributed by atoms with van der Waals surface area (Å²) in [6, 6.07) is 9.68. The highest BCUT2D eigenvalue weighted by atomic mass is 16.5. The lowest BCUT2D eigenvalue weighted by Gasteiger charge is -2.14. The van der Waals surface area contributed by atoms with Crippen molar-refractivity contribution in [2.24, 2.45) is 0 Å². The van der Waals surface area contributed by atoms with Crippen LogP contribution in [0.25, 0.3) is 11.3 Å². The van der Waals surface area contributed by atoms with Crippen LogP contribution in [-0.2, 0) is 4.74 Å². The van der Waals surface area contributed by atoms with Crippen molar-refractivity contribution < 1.29 is 9.53 Å². The molecule has 1 amide bonds. The number of carbonyl (C=O) groups is 1. The van der Waals surface area contributed by atoms with Gasteiger partial charge in [-0.05, 0) is 57.6 Å². The molecule has 1 atom stereocenters. The number of carbonyl (C=O) groups excluding carboxylic acids is 1. The molecule has 2 aliphatic rings. The van der Waals surface area contributed by atoms with E-state index in [4.69, 9.17) is 15.1 Å². The molecule has 6 heteroatoms. The maximum atomic E-state index is 13.2. The molecule has 0 bridgehead atoms. The van der Waals surface area contributed by atoms with E-state index < -0.39 is 0 Å². The van der Waals surface area contributed by atoms with Gasteiger partial charge in [0.2, 0.25) is 0 Å². The molecule has 2 aromatic rings. The predicted octanol–water partition coefficient (Wildman–Crippen LogP) is 3.79. The molecule has 6 nitrogen and oxygen atoms in total. The van der Waals surface area contributed by atoms with Gasteiger partial charge >= 0.3 is 0 Å². The Kier molecular flexibility index (Phi) is 5.19.